The lowest BCUT2D eigenvalue weighted by Gasteiger charge is -2.14. The smallest absolute Gasteiger partial charge is 0.261 e. The van der Waals surface area contributed by atoms with Gasteiger partial charge in [-0.3, -0.25) is 9.44 Å². The Morgan fingerprint density at radius 1 is 0.643 bits per heavy atom. The number of hydrogen-bond donors (Lipinski definition) is 2. The molecule has 6 nitrogen and oxygen atoms in total. The first kappa shape index (κ1) is 19.8. The summed E-state index contributed by atoms with van der Waals surface area (Å²) in [4.78, 5) is -0.0978. The first-order chi connectivity index (χ1) is 13.2. The van der Waals surface area contributed by atoms with Crippen LogP contribution in [0.1, 0.15) is 5.56 Å². The molecule has 0 amide bonds. The first-order valence-corrected chi connectivity index (χ1v) is 11.1. The fourth-order valence-corrected chi connectivity index (χ4v) is 4.56. The van der Waals surface area contributed by atoms with Crippen LogP contribution < -0.4 is 9.44 Å². The van der Waals surface area contributed by atoms with Crippen LogP contribution >= 0.6 is 0 Å². The lowest BCUT2D eigenvalue weighted by atomic mass is 10.2. The highest BCUT2D eigenvalue weighted by molar-refractivity contribution is 7.93. The maximum Gasteiger partial charge on any atom is 0.261 e. The van der Waals surface area contributed by atoms with E-state index < -0.39 is 25.9 Å². The number of nitrogens with one attached hydrogen (secondary N) is 2. The van der Waals surface area contributed by atoms with E-state index in [1.165, 1.54) is 24.3 Å². The highest BCUT2D eigenvalue weighted by Gasteiger charge is 2.19. The van der Waals surface area contributed by atoms with E-state index in [2.05, 4.69) is 9.44 Å². The third-order valence-corrected chi connectivity index (χ3v) is 6.63. The van der Waals surface area contributed by atoms with Crippen LogP contribution in [0.2, 0.25) is 0 Å². The number of benzene rings is 3. The minimum Gasteiger partial charge on any atom is -0.277 e. The van der Waals surface area contributed by atoms with Gasteiger partial charge in [0.15, 0.2) is 0 Å². The van der Waals surface area contributed by atoms with Gasteiger partial charge in [0, 0.05) is 0 Å². The molecule has 0 bridgehead atoms. The molecule has 0 aromatic heterocycles. The molecule has 28 heavy (non-hydrogen) atoms. The monoisotopic (exact) mass is 420 g/mol. The van der Waals surface area contributed by atoms with Crippen LogP contribution in [0.15, 0.2) is 82.6 Å². The quantitative estimate of drug-likeness (QED) is 0.635. The molecule has 9 heteroatoms. The molecule has 3 rings (SSSR count). The molecule has 2 N–H and O–H groups in total. The van der Waals surface area contributed by atoms with Crippen LogP contribution in [0.5, 0.6) is 0 Å². The Morgan fingerprint density at radius 3 is 1.46 bits per heavy atom. The summed E-state index contributed by atoms with van der Waals surface area (Å²) in [5.74, 6) is -0.565. The van der Waals surface area contributed by atoms with Gasteiger partial charge in [-0.2, -0.15) is 0 Å². The van der Waals surface area contributed by atoms with Gasteiger partial charge in [0.2, 0.25) is 0 Å². The number of anilines is 2. The third-order valence-electron chi connectivity index (χ3n) is 3.87. The summed E-state index contributed by atoms with van der Waals surface area (Å²) in [6.07, 6.45) is 0. The van der Waals surface area contributed by atoms with E-state index in [9.17, 15) is 21.2 Å². The van der Waals surface area contributed by atoms with Crippen molar-refractivity contribution < 1.29 is 21.2 Å². The molecule has 0 aliphatic heterocycles. The molecule has 0 aliphatic rings. The Balaban J connectivity index is 1.91. The summed E-state index contributed by atoms with van der Waals surface area (Å²) in [7, 11) is -7.94. The fraction of sp³-hybridized carbons (Fsp3) is 0.0526. The average molecular weight is 420 g/mol. The van der Waals surface area contributed by atoms with Crippen molar-refractivity contribution in [3.8, 4) is 0 Å². The Kier molecular flexibility index (Phi) is 5.39. The Hall–Kier alpha value is -2.91. The van der Waals surface area contributed by atoms with Crippen LogP contribution in [0.3, 0.4) is 0 Å². The van der Waals surface area contributed by atoms with E-state index in [-0.39, 0.29) is 21.2 Å². The maximum absolute atomic E-state index is 13.0. The minimum absolute atomic E-state index is 0.0440. The SMILES string of the molecule is Cc1ccc(S(=O)(=O)Nc2ccccc2NS(=O)(=O)c2ccc(F)cc2)cc1. The highest BCUT2D eigenvalue weighted by Crippen LogP contribution is 2.27. The molecule has 0 heterocycles. The minimum atomic E-state index is -4.03. The van der Waals surface area contributed by atoms with E-state index in [0.717, 1.165) is 29.8 Å². The topological polar surface area (TPSA) is 92.3 Å². The standard InChI is InChI=1S/C19H17FN2O4S2/c1-14-6-10-16(11-7-14)27(23,24)21-18-4-2-3-5-19(18)22-28(25,26)17-12-8-15(20)9-13-17/h2-13,21-22H,1H3. The molecule has 0 atom stereocenters. The maximum atomic E-state index is 13.0. The Labute approximate surface area is 163 Å². The number of hydrogen-bond acceptors (Lipinski definition) is 4. The van der Waals surface area contributed by atoms with Crippen molar-refractivity contribution in [1.29, 1.82) is 0 Å². The predicted octanol–water partition coefficient (Wildman–Crippen LogP) is 3.74. The average Bonchev–Trinajstić information content (AvgIpc) is 2.64. The Bertz CT molecular complexity index is 1090. The lowest BCUT2D eigenvalue weighted by Crippen LogP contribution is -2.17. The molecule has 3 aromatic rings. The van der Waals surface area contributed by atoms with Crippen molar-refractivity contribution in [3.05, 3.63) is 84.2 Å². The van der Waals surface area contributed by atoms with E-state index in [4.69, 9.17) is 0 Å². The van der Waals surface area contributed by atoms with E-state index in [1.807, 2.05) is 6.92 Å². The zero-order chi connectivity index (χ0) is 20.4. The van der Waals surface area contributed by atoms with Gasteiger partial charge < -0.3 is 0 Å². The summed E-state index contributed by atoms with van der Waals surface area (Å²) >= 11 is 0. The van der Waals surface area contributed by atoms with E-state index in [0.29, 0.717) is 0 Å². The van der Waals surface area contributed by atoms with Gasteiger partial charge in [-0.15, -0.1) is 0 Å². The van der Waals surface area contributed by atoms with Crippen LogP contribution in [-0.4, -0.2) is 16.8 Å². The van der Waals surface area contributed by atoms with Gasteiger partial charge >= 0.3 is 0 Å². The second-order valence-electron chi connectivity index (χ2n) is 6.02. The number of aryl methyl sites for hydroxylation is 1. The molecular formula is C19H17FN2O4S2. The lowest BCUT2D eigenvalue weighted by molar-refractivity contribution is 0.598. The summed E-state index contributed by atoms with van der Waals surface area (Å²) in [5, 5.41) is 0. The predicted molar refractivity (Wildman–Crippen MR) is 106 cm³/mol. The van der Waals surface area contributed by atoms with Crippen molar-refractivity contribution in [3.63, 3.8) is 0 Å². The normalized spacial score (nSPS) is 11.8. The molecule has 0 radical (unpaired) electrons. The molecule has 3 aromatic carbocycles. The second kappa shape index (κ2) is 7.61. The van der Waals surface area contributed by atoms with Gasteiger partial charge in [-0.25, -0.2) is 21.2 Å². The van der Waals surface area contributed by atoms with Gasteiger partial charge in [-0.1, -0.05) is 29.8 Å². The van der Waals surface area contributed by atoms with Crippen molar-refractivity contribution in [2.45, 2.75) is 16.7 Å². The van der Waals surface area contributed by atoms with E-state index in [1.54, 1.807) is 24.3 Å². The zero-order valence-corrected chi connectivity index (χ0v) is 16.4. The zero-order valence-electron chi connectivity index (χ0n) is 14.8. The second-order valence-corrected chi connectivity index (χ2v) is 9.39. The van der Waals surface area contributed by atoms with Gasteiger partial charge in [-0.05, 0) is 55.5 Å². The molecule has 0 aliphatic carbocycles. The summed E-state index contributed by atoms with van der Waals surface area (Å²) in [5.41, 5.74) is 1.02. The van der Waals surface area contributed by atoms with Crippen LogP contribution in [0.4, 0.5) is 15.8 Å². The van der Waals surface area contributed by atoms with Crippen LogP contribution in [-0.2, 0) is 20.0 Å². The van der Waals surface area contributed by atoms with Crippen molar-refractivity contribution in [2.24, 2.45) is 0 Å². The summed E-state index contributed by atoms with van der Waals surface area (Å²) in [6, 6.07) is 16.5. The van der Waals surface area contributed by atoms with Gasteiger partial charge in [0.25, 0.3) is 20.0 Å². The molecule has 0 saturated carbocycles. The number of sulfonamides is 2. The number of rotatable bonds is 6. The van der Waals surface area contributed by atoms with Crippen LogP contribution in [0.25, 0.3) is 0 Å². The molecule has 0 spiro atoms. The number of para-hydroxylation sites is 2. The molecule has 0 unspecified atom stereocenters. The Morgan fingerprint density at radius 2 is 1.04 bits per heavy atom. The molecule has 146 valence electrons. The molecular weight excluding hydrogens is 403 g/mol. The highest BCUT2D eigenvalue weighted by atomic mass is 32.2. The fourth-order valence-electron chi connectivity index (χ4n) is 2.40. The largest absolute Gasteiger partial charge is 0.277 e. The van der Waals surface area contributed by atoms with Crippen molar-refractivity contribution >= 4 is 31.4 Å². The third kappa shape index (κ3) is 4.49. The van der Waals surface area contributed by atoms with Crippen molar-refractivity contribution in [2.75, 3.05) is 9.44 Å². The number of halogens is 1. The molecule has 0 fully saturated rings. The first-order valence-electron chi connectivity index (χ1n) is 8.14. The van der Waals surface area contributed by atoms with Crippen LogP contribution in [0, 0.1) is 12.7 Å². The molecule has 0 saturated heterocycles. The van der Waals surface area contributed by atoms with Gasteiger partial charge in [0.05, 0.1) is 21.2 Å². The summed E-state index contributed by atoms with van der Waals surface area (Å²) < 4.78 is 68.0. The summed E-state index contributed by atoms with van der Waals surface area (Å²) in [6.45, 7) is 1.84. The van der Waals surface area contributed by atoms with Gasteiger partial charge in [0.1, 0.15) is 5.82 Å². The van der Waals surface area contributed by atoms with E-state index >= 15 is 0 Å². The van der Waals surface area contributed by atoms with Crippen molar-refractivity contribution in [1.82, 2.24) is 0 Å².